The van der Waals surface area contributed by atoms with Gasteiger partial charge in [-0.05, 0) is 54.4 Å². The van der Waals surface area contributed by atoms with Crippen LogP contribution in [-0.2, 0) is 6.54 Å². The number of carbonyl (C=O) groups excluding carboxylic acids is 1. The minimum absolute atomic E-state index is 0.00902. The van der Waals surface area contributed by atoms with E-state index in [1.165, 1.54) is 16.8 Å². The maximum absolute atomic E-state index is 12.7. The molecule has 0 atom stereocenters. The zero-order chi connectivity index (χ0) is 20.6. The van der Waals surface area contributed by atoms with Crippen LogP contribution in [0.25, 0.3) is 0 Å². The molecule has 0 aliphatic heterocycles. The van der Waals surface area contributed by atoms with Gasteiger partial charge in [0.2, 0.25) is 0 Å². The van der Waals surface area contributed by atoms with E-state index in [9.17, 15) is 9.59 Å². The Bertz CT molecular complexity index is 1090. The number of aromatic nitrogens is 1. The predicted molar refractivity (Wildman–Crippen MR) is 114 cm³/mol. The van der Waals surface area contributed by atoms with E-state index in [1.54, 1.807) is 30.5 Å². The van der Waals surface area contributed by atoms with Crippen molar-refractivity contribution < 1.29 is 9.53 Å². The lowest BCUT2D eigenvalue weighted by atomic mass is 10.2. The highest BCUT2D eigenvalue weighted by Gasteiger charge is 2.11. The molecule has 7 heteroatoms. The number of halogens is 1. The average Bonchev–Trinajstić information content (AvgIpc) is 2.70. The van der Waals surface area contributed by atoms with E-state index >= 15 is 0 Å². The van der Waals surface area contributed by atoms with Crippen molar-refractivity contribution in [1.82, 2.24) is 9.99 Å². The smallest absolute Gasteiger partial charge is 0.276 e. The first kappa shape index (κ1) is 20.4. The van der Waals surface area contributed by atoms with Gasteiger partial charge in [0, 0.05) is 11.2 Å². The minimum atomic E-state index is -0.576. The number of pyridine rings is 1. The van der Waals surface area contributed by atoms with Crippen molar-refractivity contribution in [3.8, 4) is 5.75 Å². The van der Waals surface area contributed by atoms with Crippen LogP contribution in [0.4, 0.5) is 0 Å². The molecule has 0 bridgehead atoms. The molecule has 1 N–H and O–H groups in total. The second-order valence-electron chi connectivity index (χ2n) is 6.19. The van der Waals surface area contributed by atoms with Gasteiger partial charge in [0.25, 0.3) is 11.5 Å². The van der Waals surface area contributed by atoms with Gasteiger partial charge < -0.3 is 9.30 Å². The molecule has 3 rings (SSSR count). The topological polar surface area (TPSA) is 72.7 Å². The van der Waals surface area contributed by atoms with Gasteiger partial charge in [-0.15, -0.1) is 0 Å². The molecule has 0 saturated carbocycles. The number of ether oxygens (including phenoxy) is 1. The van der Waals surface area contributed by atoms with E-state index in [0.717, 1.165) is 16.9 Å². The molecule has 1 amide bonds. The van der Waals surface area contributed by atoms with Gasteiger partial charge in [-0.25, -0.2) is 5.43 Å². The van der Waals surface area contributed by atoms with Crippen LogP contribution in [0.5, 0.6) is 5.75 Å². The molecule has 3 aromatic rings. The Kier molecular flexibility index (Phi) is 6.81. The molecule has 0 radical (unpaired) electrons. The molecule has 0 spiro atoms. The van der Waals surface area contributed by atoms with Gasteiger partial charge in [0.1, 0.15) is 11.3 Å². The first-order chi connectivity index (χ1) is 14.1. The third-order valence-corrected chi connectivity index (χ3v) is 4.29. The summed E-state index contributed by atoms with van der Waals surface area (Å²) in [6.45, 7) is 2.78. The fourth-order valence-electron chi connectivity index (χ4n) is 2.74. The number of nitrogens with zero attached hydrogens (tertiary/aromatic N) is 2. The minimum Gasteiger partial charge on any atom is -0.494 e. The Hall–Kier alpha value is -3.38. The summed E-state index contributed by atoms with van der Waals surface area (Å²) in [5, 5.41) is 4.53. The fraction of sp³-hybridized carbons (Fsp3) is 0.136. The lowest BCUT2D eigenvalue weighted by Crippen LogP contribution is -2.30. The monoisotopic (exact) mass is 409 g/mol. The maximum Gasteiger partial charge on any atom is 0.276 e. The Morgan fingerprint density at radius 1 is 1.17 bits per heavy atom. The highest BCUT2D eigenvalue weighted by molar-refractivity contribution is 6.30. The molecule has 0 fully saturated rings. The molecule has 1 heterocycles. The van der Waals surface area contributed by atoms with E-state index in [0.29, 0.717) is 18.2 Å². The molecule has 2 aromatic carbocycles. The largest absolute Gasteiger partial charge is 0.494 e. The number of carbonyl (C=O) groups is 1. The zero-order valence-corrected chi connectivity index (χ0v) is 16.6. The van der Waals surface area contributed by atoms with E-state index in [-0.39, 0.29) is 5.56 Å². The third-order valence-electron chi connectivity index (χ3n) is 4.06. The van der Waals surface area contributed by atoms with Crippen LogP contribution in [0.2, 0.25) is 5.02 Å². The highest BCUT2D eigenvalue weighted by atomic mass is 35.5. The number of hydrogen-bond donors (Lipinski definition) is 1. The molecule has 148 valence electrons. The fourth-order valence-corrected chi connectivity index (χ4v) is 2.96. The molecule has 6 nitrogen and oxygen atoms in total. The number of amides is 1. The van der Waals surface area contributed by atoms with Gasteiger partial charge in [0.05, 0.1) is 19.4 Å². The normalized spacial score (nSPS) is 10.8. The van der Waals surface area contributed by atoms with Crippen molar-refractivity contribution in [2.24, 2.45) is 5.10 Å². The van der Waals surface area contributed by atoms with Crippen LogP contribution in [-0.4, -0.2) is 23.3 Å². The summed E-state index contributed by atoms with van der Waals surface area (Å²) in [4.78, 5) is 25.1. The van der Waals surface area contributed by atoms with Crippen LogP contribution in [0.3, 0.4) is 0 Å². The summed E-state index contributed by atoms with van der Waals surface area (Å²) in [6.07, 6.45) is 3.12. The lowest BCUT2D eigenvalue weighted by Gasteiger charge is -2.08. The summed E-state index contributed by atoms with van der Waals surface area (Å²) < 4.78 is 6.88. The second kappa shape index (κ2) is 9.71. The Morgan fingerprint density at radius 3 is 2.79 bits per heavy atom. The van der Waals surface area contributed by atoms with Crippen molar-refractivity contribution in [3.63, 3.8) is 0 Å². The number of hydrogen-bond acceptors (Lipinski definition) is 4. The van der Waals surface area contributed by atoms with Crippen LogP contribution in [0.1, 0.15) is 28.4 Å². The summed E-state index contributed by atoms with van der Waals surface area (Å²) >= 11 is 5.99. The molecule has 1 aromatic heterocycles. The molecular formula is C22H20ClN3O3. The van der Waals surface area contributed by atoms with Gasteiger partial charge in [-0.2, -0.15) is 5.10 Å². The first-order valence-corrected chi connectivity index (χ1v) is 9.45. The summed E-state index contributed by atoms with van der Waals surface area (Å²) in [7, 11) is 0. The standard InChI is InChI=1S/C22H20ClN3O3/c1-2-29-19-9-4-6-16(13-19)14-24-25-21(27)20-10-5-11-26(22(20)28)15-17-7-3-8-18(23)12-17/h3-14H,2,15H2,1H3,(H,25,27)/b24-14-. The lowest BCUT2D eigenvalue weighted by molar-refractivity contribution is 0.0953. The number of nitrogens with one attached hydrogen (secondary N) is 1. The summed E-state index contributed by atoms with van der Waals surface area (Å²) in [6, 6.07) is 17.7. The van der Waals surface area contributed by atoms with Gasteiger partial charge in [-0.1, -0.05) is 35.9 Å². The van der Waals surface area contributed by atoms with Crippen LogP contribution < -0.4 is 15.7 Å². The van der Waals surface area contributed by atoms with E-state index in [4.69, 9.17) is 16.3 Å². The van der Waals surface area contributed by atoms with Crippen LogP contribution in [0, 0.1) is 0 Å². The SMILES string of the molecule is CCOc1cccc(/C=N\NC(=O)c2cccn(Cc3cccc(Cl)c3)c2=O)c1. The molecule has 0 aliphatic carbocycles. The van der Waals surface area contributed by atoms with Gasteiger partial charge >= 0.3 is 0 Å². The Morgan fingerprint density at radius 2 is 2.00 bits per heavy atom. The molecule has 29 heavy (non-hydrogen) atoms. The van der Waals surface area contributed by atoms with Crippen molar-refractivity contribution in [3.05, 3.63) is 98.9 Å². The van der Waals surface area contributed by atoms with E-state index in [2.05, 4.69) is 10.5 Å². The van der Waals surface area contributed by atoms with E-state index in [1.807, 2.05) is 37.3 Å². The zero-order valence-electron chi connectivity index (χ0n) is 15.8. The maximum atomic E-state index is 12.7. The third kappa shape index (κ3) is 5.56. The highest BCUT2D eigenvalue weighted by Crippen LogP contribution is 2.12. The molecule has 0 unspecified atom stereocenters. The van der Waals surface area contributed by atoms with Crippen LogP contribution >= 0.6 is 11.6 Å². The first-order valence-electron chi connectivity index (χ1n) is 9.07. The predicted octanol–water partition coefficient (Wildman–Crippen LogP) is 3.71. The molecule has 0 aliphatic rings. The van der Waals surface area contributed by atoms with Crippen LogP contribution in [0.15, 0.2) is 76.8 Å². The number of rotatable bonds is 7. The number of hydrazone groups is 1. The summed E-state index contributed by atoms with van der Waals surface area (Å²) in [5.41, 5.74) is 3.63. The molecule has 0 saturated heterocycles. The number of benzene rings is 2. The van der Waals surface area contributed by atoms with Crippen molar-refractivity contribution in [1.29, 1.82) is 0 Å². The Labute approximate surface area is 173 Å². The van der Waals surface area contributed by atoms with Crippen molar-refractivity contribution in [2.45, 2.75) is 13.5 Å². The van der Waals surface area contributed by atoms with Gasteiger partial charge in [0.15, 0.2) is 0 Å². The quantitative estimate of drug-likeness (QED) is 0.477. The van der Waals surface area contributed by atoms with Crippen molar-refractivity contribution in [2.75, 3.05) is 6.61 Å². The molecular weight excluding hydrogens is 390 g/mol. The van der Waals surface area contributed by atoms with Crippen molar-refractivity contribution >= 4 is 23.7 Å². The van der Waals surface area contributed by atoms with Gasteiger partial charge in [-0.3, -0.25) is 9.59 Å². The Balaban J connectivity index is 1.71. The summed E-state index contributed by atoms with van der Waals surface area (Å²) in [5.74, 6) is 0.141. The van der Waals surface area contributed by atoms with E-state index < -0.39 is 11.5 Å². The average molecular weight is 410 g/mol. The second-order valence-corrected chi connectivity index (χ2v) is 6.63.